The normalized spacial score (nSPS) is 10.8. The lowest BCUT2D eigenvalue weighted by Crippen LogP contribution is -2.46. The van der Waals surface area contributed by atoms with Gasteiger partial charge in [-0.1, -0.05) is 18.2 Å². The van der Waals surface area contributed by atoms with Gasteiger partial charge in [0.1, 0.15) is 5.78 Å². The minimum Gasteiger partial charge on any atom is -0.357 e. The third kappa shape index (κ3) is 5.45. The molecule has 0 heterocycles. The van der Waals surface area contributed by atoms with Crippen LogP contribution in [0.5, 0.6) is 0 Å². The predicted octanol–water partition coefficient (Wildman–Crippen LogP) is 2.73. The molecule has 0 aliphatic rings. The minimum atomic E-state index is -0.329. The third-order valence-corrected chi connectivity index (χ3v) is 2.38. The van der Waals surface area contributed by atoms with Gasteiger partial charge < -0.3 is 10.6 Å². The van der Waals surface area contributed by atoms with E-state index in [0.717, 1.165) is 5.69 Å². The predicted molar refractivity (Wildman–Crippen MR) is 75.2 cm³/mol. The molecule has 0 amide bonds. The summed E-state index contributed by atoms with van der Waals surface area (Å²) in [7, 11) is 0. The topological polar surface area (TPSA) is 41.1 Å². The summed E-state index contributed by atoms with van der Waals surface area (Å²) >= 11 is 5.20. The first-order valence-corrected chi connectivity index (χ1v) is 5.93. The van der Waals surface area contributed by atoms with Crippen LogP contribution in [-0.2, 0) is 4.79 Å². The van der Waals surface area contributed by atoms with E-state index in [0.29, 0.717) is 11.5 Å². The molecule has 0 aliphatic carbocycles. The van der Waals surface area contributed by atoms with Gasteiger partial charge >= 0.3 is 0 Å². The SMILES string of the molecule is CC(=O)CC(C)(C)NC(=S)Nc1ccccc1. The molecule has 0 aliphatic heterocycles. The van der Waals surface area contributed by atoms with Crippen LogP contribution in [0.15, 0.2) is 30.3 Å². The average molecular weight is 250 g/mol. The van der Waals surface area contributed by atoms with Crippen LogP contribution in [0, 0.1) is 0 Å². The van der Waals surface area contributed by atoms with Crippen LogP contribution in [-0.4, -0.2) is 16.4 Å². The van der Waals surface area contributed by atoms with E-state index in [-0.39, 0.29) is 11.3 Å². The molecule has 0 bridgehead atoms. The Bertz CT molecular complexity index is 401. The largest absolute Gasteiger partial charge is 0.357 e. The number of benzene rings is 1. The molecule has 4 heteroatoms. The number of anilines is 1. The fourth-order valence-corrected chi connectivity index (χ4v) is 2.05. The highest BCUT2D eigenvalue weighted by Gasteiger charge is 2.20. The van der Waals surface area contributed by atoms with Crippen molar-refractivity contribution in [2.45, 2.75) is 32.7 Å². The fourth-order valence-electron chi connectivity index (χ4n) is 1.66. The molecule has 1 rings (SSSR count). The average Bonchev–Trinajstić information content (AvgIpc) is 2.15. The van der Waals surface area contributed by atoms with Crippen LogP contribution in [0.1, 0.15) is 27.2 Å². The van der Waals surface area contributed by atoms with Crippen LogP contribution >= 0.6 is 12.2 Å². The zero-order valence-corrected chi connectivity index (χ0v) is 11.2. The Morgan fingerprint density at radius 1 is 1.29 bits per heavy atom. The van der Waals surface area contributed by atoms with E-state index < -0.39 is 0 Å². The van der Waals surface area contributed by atoms with E-state index in [2.05, 4.69) is 10.6 Å². The quantitative estimate of drug-likeness (QED) is 0.806. The first kappa shape index (κ1) is 13.6. The van der Waals surface area contributed by atoms with Gasteiger partial charge in [-0.15, -0.1) is 0 Å². The van der Waals surface area contributed by atoms with Gasteiger partial charge in [0.25, 0.3) is 0 Å². The second-order valence-electron chi connectivity index (χ2n) is 4.71. The van der Waals surface area contributed by atoms with Crippen molar-refractivity contribution < 1.29 is 4.79 Å². The number of hydrogen-bond acceptors (Lipinski definition) is 2. The van der Waals surface area contributed by atoms with Gasteiger partial charge in [-0.25, -0.2) is 0 Å². The first-order valence-electron chi connectivity index (χ1n) is 5.53. The van der Waals surface area contributed by atoms with E-state index in [1.807, 2.05) is 44.2 Å². The van der Waals surface area contributed by atoms with Crippen molar-refractivity contribution in [1.29, 1.82) is 0 Å². The zero-order valence-electron chi connectivity index (χ0n) is 10.4. The lowest BCUT2D eigenvalue weighted by Gasteiger charge is -2.26. The molecule has 0 saturated heterocycles. The van der Waals surface area contributed by atoms with Crippen molar-refractivity contribution in [2.24, 2.45) is 0 Å². The summed E-state index contributed by atoms with van der Waals surface area (Å²) in [6.45, 7) is 5.48. The van der Waals surface area contributed by atoms with Crippen molar-refractivity contribution in [3.8, 4) is 0 Å². The van der Waals surface area contributed by atoms with E-state index in [1.165, 1.54) is 0 Å². The maximum atomic E-state index is 11.1. The van der Waals surface area contributed by atoms with Gasteiger partial charge in [0.15, 0.2) is 5.11 Å². The summed E-state index contributed by atoms with van der Waals surface area (Å²) in [6.07, 6.45) is 0.448. The Balaban J connectivity index is 2.52. The van der Waals surface area contributed by atoms with Crippen molar-refractivity contribution in [3.63, 3.8) is 0 Å². The van der Waals surface area contributed by atoms with E-state index in [4.69, 9.17) is 12.2 Å². The Kier molecular flexibility index (Phi) is 4.63. The molecule has 2 N–H and O–H groups in total. The Hall–Kier alpha value is -1.42. The number of hydrogen-bond donors (Lipinski definition) is 2. The molecule has 0 radical (unpaired) electrons. The summed E-state index contributed by atoms with van der Waals surface area (Å²) in [6, 6.07) is 9.69. The van der Waals surface area contributed by atoms with Gasteiger partial charge in [-0.05, 0) is 45.1 Å². The molecular weight excluding hydrogens is 232 g/mol. The number of ketones is 1. The summed E-state index contributed by atoms with van der Waals surface area (Å²) < 4.78 is 0. The second kappa shape index (κ2) is 5.77. The molecule has 0 fully saturated rings. The van der Waals surface area contributed by atoms with Crippen LogP contribution < -0.4 is 10.6 Å². The highest BCUT2D eigenvalue weighted by Crippen LogP contribution is 2.10. The van der Waals surface area contributed by atoms with Gasteiger partial charge in [-0.2, -0.15) is 0 Å². The molecule has 1 aromatic rings. The summed E-state index contributed by atoms with van der Waals surface area (Å²) in [5.74, 6) is 0.144. The highest BCUT2D eigenvalue weighted by atomic mass is 32.1. The fraction of sp³-hybridized carbons (Fsp3) is 0.385. The first-order chi connectivity index (χ1) is 7.89. The lowest BCUT2D eigenvalue weighted by molar-refractivity contribution is -0.118. The Morgan fingerprint density at radius 3 is 2.41 bits per heavy atom. The van der Waals surface area contributed by atoms with E-state index in [1.54, 1.807) is 6.92 Å². The maximum absolute atomic E-state index is 11.1. The van der Waals surface area contributed by atoms with Crippen molar-refractivity contribution in [2.75, 3.05) is 5.32 Å². The van der Waals surface area contributed by atoms with Crippen LogP contribution in [0.25, 0.3) is 0 Å². The van der Waals surface area contributed by atoms with Crippen molar-refractivity contribution in [1.82, 2.24) is 5.32 Å². The smallest absolute Gasteiger partial charge is 0.171 e. The number of carbonyl (C=O) groups is 1. The third-order valence-electron chi connectivity index (χ3n) is 2.17. The number of thiocarbonyl (C=S) groups is 1. The number of Topliss-reactive ketones (excluding diaryl/α,β-unsaturated/α-hetero) is 1. The standard InChI is InChI=1S/C13H18N2OS/c1-10(16)9-13(2,3)15-12(17)14-11-7-5-4-6-8-11/h4-8H,9H2,1-3H3,(H2,14,15,17). The monoisotopic (exact) mass is 250 g/mol. The van der Waals surface area contributed by atoms with Gasteiger partial charge in [0, 0.05) is 17.6 Å². The lowest BCUT2D eigenvalue weighted by atomic mass is 9.99. The summed E-state index contributed by atoms with van der Waals surface area (Å²) in [5, 5.41) is 6.75. The molecule has 1 aromatic carbocycles. The van der Waals surface area contributed by atoms with Gasteiger partial charge in [0.05, 0.1) is 0 Å². The molecule has 0 aromatic heterocycles. The van der Waals surface area contributed by atoms with Crippen molar-refractivity contribution >= 4 is 28.8 Å². The number of nitrogens with one attached hydrogen (secondary N) is 2. The van der Waals surface area contributed by atoms with Crippen molar-refractivity contribution in [3.05, 3.63) is 30.3 Å². The molecule has 0 saturated carbocycles. The maximum Gasteiger partial charge on any atom is 0.171 e. The molecule has 0 unspecified atom stereocenters. The zero-order chi connectivity index (χ0) is 12.9. The number of para-hydroxylation sites is 1. The molecule has 0 atom stereocenters. The van der Waals surface area contributed by atoms with Crippen LogP contribution in [0.3, 0.4) is 0 Å². The molecule has 17 heavy (non-hydrogen) atoms. The van der Waals surface area contributed by atoms with E-state index in [9.17, 15) is 4.79 Å². The molecule has 3 nitrogen and oxygen atoms in total. The highest BCUT2D eigenvalue weighted by molar-refractivity contribution is 7.80. The van der Waals surface area contributed by atoms with E-state index >= 15 is 0 Å². The number of carbonyl (C=O) groups excluding carboxylic acids is 1. The van der Waals surface area contributed by atoms with Gasteiger partial charge in [-0.3, -0.25) is 4.79 Å². The Labute approximate surface area is 108 Å². The van der Waals surface area contributed by atoms with Crippen LogP contribution in [0.2, 0.25) is 0 Å². The number of rotatable bonds is 4. The summed E-state index contributed by atoms with van der Waals surface area (Å²) in [5.41, 5.74) is 0.605. The Morgan fingerprint density at radius 2 is 1.88 bits per heavy atom. The second-order valence-corrected chi connectivity index (χ2v) is 5.12. The molecule has 0 spiro atoms. The summed E-state index contributed by atoms with van der Waals surface area (Å²) in [4.78, 5) is 11.1. The molecule has 92 valence electrons. The molecular formula is C13H18N2OS. The minimum absolute atomic E-state index is 0.144. The van der Waals surface area contributed by atoms with Crippen LogP contribution in [0.4, 0.5) is 5.69 Å². The van der Waals surface area contributed by atoms with Gasteiger partial charge in [0.2, 0.25) is 0 Å².